The fourth-order valence-electron chi connectivity index (χ4n) is 2.31. The second-order valence-electron chi connectivity index (χ2n) is 7.13. The number of ether oxygens (including phenoxy) is 2. The second kappa shape index (κ2) is 8.95. The van der Waals surface area contributed by atoms with E-state index in [1.54, 1.807) is 31.2 Å². The summed E-state index contributed by atoms with van der Waals surface area (Å²) in [6, 6.07) is 14.9. The maximum Gasteiger partial charge on any atom is 0.260 e. The van der Waals surface area contributed by atoms with Gasteiger partial charge in [-0.1, -0.05) is 44.5 Å². The van der Waals surface area contributed by atoms with E-state index < -0.39 is 6.10 Å². The Morgan fingerprint density at radius 1 is 1.04 bits per heavy atom. The molecule has 0 saturated heterocycles. The van der Waals surface area contributed by atoms with Gasteiger partial charge in [0.1, 0.15) is 18.1 Å². The van der Waals surface area contributed by atoms with E-state index in [1.165, 1.54) is 5.56 Å². The van der Waals surface area contributed by atoms with Crippen LogP contribution in [0.25, 0.3) is 0 Å². The number of benzene rings is 2. The van der Waals surface area contributed by atoms with E-state index >= 15 is 0 Å². The van der Waals surface area contributed by atoms with Crippen LogP contribution >= 0.6 is 11.6 Å². The lowest BCUT2D eigenvalue weighted by Gasteiger charge is -2.19. The Bertz CT molecular complexity index is 706. The summed E-state index contributed by atoms with van der Waals surface area (Å²) in [6.45, 7) is 9.03. The monoisotopic (exact) mass is 375 g/mol. The maximum atomic E-state index is 12.1. The Hall–Kier alpha value is -2.20. The second-order valence-corrected chi connectivity index (χ2v) is 7.56. The van der Waals surface area contributed by atoms with Crippen LogP contribution in [0.15, 0.2) is 48.5 Å². The zero-order valence-corrected chi connectivity index (χ0v) is 16.5. The molecule has 1 N–H and O–H groups in total. The molecule has 26 heavy (non-hydrogen) atoms. The summed E-state index contributed by atoms with van der Waals surface area (Å²) in [7, 11) is 0. The van der Waals surface area contributed by atoms with Gasteiger partial charge in [0.2, 0.25) is 0 Å². The summed E-state index contributed by atoms with van der Waals surface area (Å²) in [5.74, 6) is 1.21. The number of halogens is 1. The Morgan fingerprint density at radius 3 is 2.19 bits per heavy atom. The van der Waals surface area contributed by atoms with Crippen molar-refractivity contribution in [2.45, 2.75) is 39.2 Å². The summed E-state index contributed by atoms with van der Waals surface area (Å²) >= 11 is 5.83. The lowest BCUT2D eigenvalue weighted by molar-refractivity contribution is -0.127. The average molecular weight is 376 g/mol. The minimum Gasteiger partial charge on any atom is -0.492 e. The molecule has 2 aromatic rings. The highest BCUT2D eigenvalue weighted by Crippen LogP contribution is 2.24. The normalized spacial score (nSPS) is 12.3. The van der Waals surface area contributed by atoms with Crippen LogP contribution in [-0.4, -0.2) is 25.2 Å². The first-order valence-electron chi connectivity index (χ1n) is 8.69. The highest BCUT2D eigenvalue weighted by molar-refractivity contribution is 6.30. The molecule has 1 atom stereocenters. The van der Waals surface area contributed by atoms with Gasteiger partial charge in [0.25, 0.3) is 5.91 Å². The fourth-order valence-corrected chi connectivity index (χ4v) is 2.43. The van der Waals surface area contributed by atoms with Crippen LogP contribution in [0.5, 0.6) is 11.5 Å². The molecule has 0 fully saturated rings. The SMILES string of the molecule is C[C@@H](Oc1ccc(Cl)cc1)C(=O)NCCOc1ccc(C(C)(C)C)cc1. The molecule has 0 spiro atoms. The lowest BCUT2D eigenvalue weighted by Crippen LogP contribution is -2.38. The maximum absolute atomic E-state index is 12.1. The van der Waals surface area contributed by atoms with Gasteiger partial charge in [-0.3, -0.25) is 4.79 Å². The van der Waals surface area contributed by atoms with Crippen molar-refractivity contribution in [3.05, 3.63) is 59.1 Å². The molecule has 2 aromatic carbocycles. The van der Waals surface area contributed by atoms with Crippen molar-refractivity contribution in [1.82, 2.24) is 5.32 Å². The van der Waals surface area contributed by atoms with Crippen LogP contribution < -0.4 is 14.8 Å². The van der Waals surface area contributed by atoms with Crippen molar-refractivity contribution in [2.75, 3.05) is 13.2 Å². The number of carbonyl (C=O) groups is 1. The summed E-state index contributed by atoms with van der Waals surface area (Å²) < 4.78 is 11.2. The van der Waals surface area contributed by atoms with E-state index in [0.29, 0.717) is 23.9 Å². The van der Waals surface area contributed by atoms with Crippen molar-refractivity contribution in [1.29, 1.82) is 0 Å². The first-order chi connectivity index (χ1) is 12.3. The standard InChI is InChI=1S/C21H26ClNO3/c1-15(26-19-11-7-17(22)8-12-19)20(24)23-13-14-25-18-9-5-16(6-10-18)21(2,3)4/h5-12,15H,13-14H2,1-4H3,(H,23,24)/t15-/m1/s1. The van der Waals surface area contributed by atoms with Crippen LogP contribution in [0.2, 0.25) is 5.02 Å². The summed E-state index contributed by atoms with van der Waals surface area (Å²) in [6.07, 6.45) is -0.595. The van der Waals surface area contributed by atoms with Gasteiger partial charge in [-0.25, -0.2) is 0 Å². The quantitative estimate of drug-likeness (QED) is 0.719. The zero-order chi connectivity index (χ0) is 19.2. The molecule has 0 unspecified atom stereocenters. The summed E-state index contributed by atoms with van der Waals surface area (Å²) in [5, 5.41) is 3.43. The molecule has 0 aliphatic carbocycles. The van der Waals surface area contributed by atoms with Crippen LogP contribution in [0.3, 0.4) is 0 Å². The van der Waals surface area contributed by atoms with Gasteiger partial charge in [-0.15, -0.1) is 0 Å². The molecule has 0 saturated carbocycles. The smallest absolute Gasteiger partial charge is 0.260 e. The van der Waals surface area contributed by atoms with Crippen molar-refractivity contribution >= 4 is 17.5 Å². The molecule has 5 heteroatoms. The topological polar surface area (TPSA) is 47.6 Å². The largest absolute Gasteiger partial charge is 0.492 e. The Balaban J connectivity index is 1.71. The molecule has 4 nitrogen and oxygen atoms in total. The van der Waals surface area contributed by atoms with Gasteiger partial charge in [0.05, 0.1) is 6.54 Å². The van der Waals surface area contributed by atoms with Crippen LogP contribution in [0.4, 0.5) is 0 Å². The first-order valence-corrected chi connectivity index (χ1v) is 9.07. The first kappa shape index (κ1) is 20.1. The number of hydrogen-bond acceptors (Lipinski definition) is 3. The Kier molecular flexibility index (Phi) is 6.92. The third-order valence-electron chi connectivity index (χ3n) is 3.89. The highest BCUT2D eigenvalue weighted by Gasteiger charge is 2.14. The van der Waals surface area contributed by atoms with E-state index in [0.717, 1.165) is 5.75 Å². The van der Waals surface area contributed by atoms with Crippen LogP contribution in [0.1, 0.15) is 33.3 Å². The lowest BCUT2D eigenvalue weighted by atomic mass is 9.87. The van der Waals surface area contributed by atoms with E-state index in [1.807, 2.05) is 12.1 Å². The molecular formula is C21H26ClNO3. The molecule has 0 aliphatic rings. The predicted octanol–water partition coefficient (Wildman–Crippen LogP) is 4.60. The van der Waals surface area contributed by atoms with Crippen molar-refractivity contribution < 1.29 is 14.3 Å². The number of hydrogen-bond donors (Lipinski definition) is 1. The minimum atomic E-state index is -0.595. The van der Waals surface area contributed by atoms with Gasteiger partial charge < -0.3 is 14.8 Å². The molecule has 140 valence electrons. The van der Waals surface area contributed by atoms with E-state index in [4.69, 9.17) is 21.1 Å². The van der Waals surface area contributed by atoms with E-state index in [2.05, 4.69) is 38.2 Å². The van der Waals surface area contributed by atoms with Crippen molar-refractivity contribution in [3.63, 3.8) is 0 Å². The summed E-state index contributed by atoms with van der Waals surface area (Å²) in [4.78, 5) is 12.1. The zero-order valence-electron chi connectivity index (χ0n) is 15.7. The minimum absolute atomic E-state index is 0.118. The van der Waals surface area contributed by atoms with Gasteiger partial charge in [0, 0.05) is 5.02 Å². The molecule has 0 aromatic heterocycles. The number of rotatable bonds is 7. The van der Waals surface area contributed by atoms with Crippen molar-refractivity contribution in [3.8, 4) is 11.5 Å². The highest BCUT2D eigenvalue weighted by atomic mass is 35.5. The third-order valence-corrected chi connectivity index (χ3v) is 4.14. The predicted molar refractivity (Wildman–Crippen MR) is 105 cm³/mol. The molecule has 0 aliphatic heterocycles. The fraction of sp³-hybridized carbons (Fsp3) is 0.381. The van der Waals surface area contributed by atoms with Gasteiger partial charge in [0.15, 0.2) is 6.10 Å². The molecule has 0 radical (unpaired) electrons. The Labute approximate surface area is 160 Å². The van der Waals surface area contributed by atoms with Gasteiger partial charge >= 0.3 is 0 Å². The number of nitrogens with one attached hydrogen (secondary N) is 1. The van der Waals surface area contributed by atoms with E-state index in [-0.39, 0.29) is 11.3 Å². The van der Waals surface area contributed by atoms with Gasteiger partial charge in [-0.2, -0.15) is 0 Å². The van der Waals surface area contributed by atoms with E-state index in [9.17, 15) is 4.79 Å². The van der Waals surface area contributed by atoms with Gasteiger partial charge in [-0.05, 0) is 54.3 Å². The molecule has 2 rings (SSSR count). The van der Waals surface area contributed by atoms with Crippen molar-refractivity contribution in [2.24, 2.45) is 0 Å². The molecule has 0 bridgehead atoms. The third kappa shape index (κ3) is 6.26. The molecule has 1 amide bonds. The number of amides is 1. The average Bonchev–Trinajstić information content (AvgIpc) is 2.60. The van der Waals surface area contributed by atoms with Crippen LogP contribution in [-0.2, 0) is 10.2 Å². The van der Waals surface area contributed by atoms with Crippen LogP contribution in [0, 0.1) is 0 Å². The number of carbonyl (C=O) groups excluding carboxylic acids is 1. The Morgan fingerprint density at radius 2 is 1.62 bits per heavy atom. The molecular weight excluding hydrogens is 350 g/mol. The molecule has 0 heterocycles. The summed E-state index contributed by atoms with van der Waals surface area (Å²) in [5.41, 5.74) is 1.37.